The first-order chi connectivity index (χ1) is 13.7. The number of rotatable bonds is 9. The van der Waals surface area contributed by atoms with Crippen LogP contribution in [0, 0.1) is 0 Å². The van der Waals surface area contributed by atoms with Gasteiger partial charge in [0, 0.05) is 55.0 Å². The van der Waals surface area contributed by atoms with Crippen molar-refractivity contribution in [2.75, 3.05) is 50.8 Å². The van der Waals surface area contributed by atoms with E-state index in [0.717, 1.165) is 75.6 Å². The van der Waals surface area contributed by atoms with Gasteiger partial charge in [-0.1, -0.05) is 19.9 Å². The first-order valence-electron chi connectivity index (χ1n) is 10.7. The minimum atomic E-state index is 0.114. The van der Waals surface area contributed by atoms with Gasteiger partial charge < -0.3 is 15.1 Å². The molecule has 0 saturated carbocycles. The zero-order valence-electron chi connectivity index (χ0n) is 17.5. The van der Waals surface area contributed by atoms with Crippen LogP contribution < -0.4 is 5.32 Å². The number of nitrogens with one attached hydrogen (secondary N) is 1. The normalized spacial score (nSPS) is 19.7. The Kier molecular flexibility index (Phi) is 8.00. The largest absolute Gasteiger partial charge is 0.336 e. The van der Waals surface area contributed by atoms with Gasteiger partial charge in [-0.25, -0.2) is 0 Å². The highest BCUT2D eigenvalue weighted by atomic mass is 32.2. The molecule has 1 aromatic rings. The van der Waals surface area contributed by atoms with Gasteiger partial charge in [0.05, 0.1) is 6.54 Å². The van der Waals surface area contributed by atoms with Crippen molar-refractivity contribution < 1.29 is 4.79 Å². The third-order valence-electron chi connectivity index (χ3n) is 5.90. The molecule has 2 aliphatic rings. The number of amides is 1. The number of allylic oxidation sites excluding steroid dienone is 1. The van der Waals surface area contributed by atoms with E-state index in [1.165, 1.54) is 5.69 Å². The molecule has 156 valence electrons. The van der Waals surface area contributed by atoms with Crippen LogP contribution >= 0.6 is 11.8 Å². The summed E-state index contributed by atoms with van der Waals surface area (Å²) in [6.07, 6.45) is 4.84. The second-order valence-corrected chi connectivity index (χ2v) is 8.79. The van der Waals surface area contributed by atoms with Crippen molar-refractivity contribution >= 4 is 17.7 Å². The predicted molar refractivity (Wildman–Crippen MR) is 117 cm³/mol. The zero-order chi connectivity index (χ0) is 19.9. The molecular formula is C21H35N5OS. The van der Waals surface area contributed by atoms with Crippen LogP contribution in [0.5, 0.6) is 0 Å². The highest BCUT2D eigenvalue weighted by Crippen LogP contribution is 2.26. The fourth-order valence-corrected chi connectivity index (χ4v) is 5.09. The molecule has 2 heterocycles. The number of hydrogen-bond donors (Lipinski definition) is 1. The van der Waals surface area contributed by atoms with E-state index in [1.54, 1.807) is 0 Å². The predicted octanol–water partition coefficient (Wildman–Crippen LogP) is 2.05. The molecule has 1 N–H and O–H groups in total. The number of carbonyl (C=O) groups excluding carboxylic acids is 1. The summed E-state index contributed by atoms with van der Waals surface area (Å²) in [5.74, 6) is 2.16. The summed E-state index contributed by atoms with van der Waals surface area (Å²) in [6.45, 7) is 14.9. The maximum atomic E-state index is 13.2. The fourth-order valence-electron chi connectivity index (χ4n) is 4.19. The van der Waals surface area contributed by atoms with Crippen LogP contribution in [0.25, 0.3) is 0 Å². The summed E-state index contributed by atoms with van der Waals surface area (Å²) in [5, 5.41) is 8.46. The summed E-state index contributed by atoms with van der Waals surface area (Å²) >= 11 is 1.92. The van der Waals surface area contributed by atoms with E-state index in [4.69, 9.17) is 5.10 Å². The van der Waals surface area contributed by atoms with Crippen LogP contribution in [0.2, 0.25) is 0 Å². The summed E-state index contributed by atoms with van der Waals surface area (Å²) in [7, 11) is 0. The topological polar surface area (TPSA) is 53.4 Å². The lowest BCUT2D eigenvalue weighted by molar-refractivity contribution is 0.0764. The monoisotopic (exact) mass is 405 g/mol. The first kappa shape index (κ1) is 21.4. The summed E-state index contributed by atoms with van der Waals surface area (Å²) in [5.41, 5.74) is 3.08. The second-order valence-electron chi connectivity index (χ2n) is 7.57. The maximum Gasteiger partial charge on any atom is 0.274 e. The van der Waals surface area contributed by atoms with Crippen molar-refractivity contribution in [1.82, 2.24) is 24.9 Å². The number of carbonyl (C=O) groups is 1. The molecular weight excluding hydrogens is 370 g/mol. The third kappa shape index (κ3) is 4.99. The highest BCUT2D eigenvalue weighted by molar-refractivity contribution is 7.99. The number of aromatic nitrogens is 2. The molecule has 7 heteroatoms. The van der Waals surface area contributed by atoms with Crippen LogP contribution in [0.3, 0.4) is 0 Å². The molecule has 1 aliphatic carbocycles. The number of nitrogens with zero attached hydrogens (tertiary/aromatic N) is 4. The smallest absolute Gasteiger partial charge is 0.274 e. The molecule has 28 heavy (non-hydrogen) atoms. The number of thioether (sulfide) groups is 1. The SMILES string of the molecule is C=CCn1nc(C(=O)N2CCSCC2)c2c1CC[C@H](NCCN(CC)CC)C2. The molecule has 0 spiro atoms. The van der Waals surface area contributed by atoms with Gasteiger partial charge in [0.2, 0.25) is 0 Å². The Morgan fingerprint density at radius 1 is 1.36 bits per heavy atom. The molecule has 0 bridgehead atoms. The quantitative estimate of drug-likeness (QED) is 0.637. The maximum absolute atomic E-state index is 13.2. The van der Waals surface area contributed by atoms with Crippen LogP contribution in [0.4, 0.5) is 0 Å². The molecule has 3 rings (SSSR count). The lowest BCUT2D eigenvalue weighted by Crippen LogP contribution is -2.41. The lowest BCUT2D eigenvalue weighted by atomic mass is 9.91. The summed E-state index contributed by atoms with van der Waals surface area (Å²) in [4.78, 5) is 17.6. The van der Waals surface area contributed by atoms with E-state index in [2.05, 4.69) is 30.6 Å². The van der Waals surface area contributed by atoms with Crippen molar-refractivity contribution in [2.45, 2.75) is 45.7 Å². The molecule has 1 atom stereocenters. The van der Waals surface area contributed by atoms with Gasteiger partial charge >= 0.3 is 0 Å². The highest BCUT2D eigenvalue weighted by Gasteiger charge is 2.31. The van der Waals surface area contributed by atoms with Gasteiger partial charge in [0.25, 0.3) is 5.91 Å². The van der Waals surface area contributed by atoms with E-state index in [-0.39, 0.29) is 5.91 Å². The number of fused-ring (bicyclic) bond motifs is 1. The van der Waals surface area contributed by atoms with Crippen LogP contribution in [0.15, 0.2) is 12.7 Å². The van der Waals surface area contributed by atoms with Crippen molar-refractivity contribution in [2.24, 2.45) is 0 Å². The van der Waals surface area contributed by atoms with Crippen molar-refractivity contribution in [3.8, 4) is 0 Å². The Morgan fingerprint density at radius 3 is 2.79 bits per heavy atom. The zero-order valence-corrected chi connectivity index (χ0v) is 18.3. The van der Waals surface area contributed by atoms with E-state index >= 15 is 0 Å². The van der Waals surface area contributed by atoms with Crippen molar-refractivity contribution in [3.05, 3.63) is 29.6 Å². The van der Waals surface area contributed by atoms with Crippen molar-refractivity contribution in [3.63, 3.8) is 0 Å². The van der Waals surface area contributed by atoms with E-state index in [1.807, 2.05) is 27.4 Å². The molecule has 1 aliphatic heterocycles. The number of likely N-dealkylation sites (N-methyl/N-ethyl adjacent to an activating group) is 1. The first-order valence-corrected chi connectivity index (χ1v) is 11.9. The van der Waals surface area contributed by atoms with E-state index in [0.29, 0.717) is 18.3 Å². The minimum absolute atomic E-state index is 0.114. The fraction of sp³-hybridized carbons (Fsp3) is 0.714. The molecule has 1 amide bonds. The van der Waals surface area contributed by atoms with Crippen molar-refractivity contribution in [1.29, 1.82) is 0 Å². The van der Waals surface area contributed by atoms with Crippen LogP contribution in [0.1, 0.15) is 42.0 Å². The van der Waals surface area contributed by atoms with E-state index < -0.39 is 0 Å². The Morgan fingerprint density at radius 2 is 2.11 bits per heavy atom. The Bertz CT molecular complexity index is 664. The van der Waals surface area contributed by atoms with Crippen LogP contribution in [-0.2, 0) is 19.4 Å². The van der Waals surface area contributed by atoms with Gasteiger partial charge in [0.1, 0.15) is 0 Å². The minimum Gasteiger partial charge on any atom is -0.336 e. The van der Waals surface area contributed by atoms with Crippen LogP contribution in [-0.4, -0.2) is 82.3 Å². The Labute approximate surface area is 173 Å². The van der Waals surface area contributed by atoms with Gasteiger partial charge in [-0.05, 0) is 32.4 Å². The third-order valence-corrected chi connectivity index (χ3v) is 6.85. The summed E-state index contributed by atoms with van der Waals surface area (Å²) in [6, 6.07) is 0.424. The van der Waals surface area contributed by atoms with Gasteiger partial charge in [0.15, 0.2) is 5.69 Å². The number of hydrogen-bond acceptors (Lipinski definition) is 5. The average Bonchev–Trinajstić information content (AvgIpc) is 3.09. The average molecular weight is 406 g/mol. The molecule has 1 aromatic heterocycles. The molecule has 1 fully saturated rings. The second kappa shape index (κ2) is 10.5. The molecule has 0 radical (unpaired) electrons. The molecule has 1 saturated heterocycles. The summed E-state index contributed by atoms with van der Waals surface area (Å²) < 4.78 is 2.00. The molecule has 0 unspecified atom stereocenters. The van der Waals surface area contributed by atoms with E-state index in [9.17, 15) is 4.79 Å². The van der Waals surface area contributed by atoms with Gasteiger partial charge in [-0.3, -0.25) is 9.48 Å². The standard InChI is InChI=1S/C21H35N5OS/c1-4-10-26-19-8-7-17(22-9-11-24(5-2)6-3)16-18(19)20(23-26)21(27)25-12-14-28-15-13-25/h4,17,22H,1,5-16H2,2-3H3/t17-/m0/s1. The van der Waals surface area contributed by atoms with Gasteiger partial charge in [-0.2, -0.15) is 16.9 Å². The Hall–Kier alpha value is -1.31. The van der Waals surface area contributed by atoms with Gasteiger partial charge in [-0.15, -0.1) is 6.58 Å². The molecule has 6 nitrogen and oxygen atoms in total. The Balaban J connectivity index is 1.71. The molecule has 0 aromatic carbocycles. The lowest BCUT2D eigenvalue weighted by Gasteiger charge is -2.28.